The first-order valence-corrected chi connectivity index (χ1v) is 10.4. The number of nitrogens with one attached hydrogen (secondary N) is 1. The van der Waals surface area contributed by atoms with Crippen LogP contribution in [-0.4, -0.2) is 78.7 Å². The Labute approximate surface area is 169 Å². The van der Waals surface area contributed by atoms with Gasteiger partial charge >= 0.3 is 5.97 Å². The molecule has 1 aromatic rings. The minimum absolute atomic E-state index is 0.0585. The van der Waals surface area contributed by atoms with Crippen molar-refractivity contribution in [3.05, 3.63) is 22.5 Å². The van der Waals surface area contributed by atoms with Crippen molar-refractivity contribution in [1.29, 1.82) is 0 Å². The highest BCUT2D eigenvalue weighted by atomic mass is 16.5. The van der Waals surface area contributed by atoms with E-state index in [0.29, 0.717) is 31.6 Å². The fourth-order valence-corrected chi connectivity index (χ4v) is 3.90. The second-order valence-corrected chi connectivity index (χ2v) is 7.44. The molecule has 0 aliphatic carbocycles. The maximum atomic E-state index is 12.3. The van der Waals surface area contributed by atoms with Gasteiger partial charge in [0.2, 0.25) is 5.91 Å². The number of carbonyl (C=O) groups is 2. The molecule has 0 radical (unpaired) electrons. The first-order chi connectivity index (χ1) is 13.4. The van der Waals surface area contributed by atoms with Crippen molar-refractivity contribution >= 4 is 11.9 Å². The van der Waals surface area contributed by atoms with Crippen molar-refractivity contribution in [3.8, 4) is 0 Å². The molecule has 1 amide bonds. The monoisotopic (exact) mass is 392 g/mol. The fourth-order valence-electron chi connectivity index (χ4n) is 3.90. The maximum absolute atomic E-state index is 12.3. The van der Waals surface area contributed by atoms with Crippen molar-refractivity contribution in [3.63, 3.8) is 0 Å². The molecule has 1 aromatic heterocycles. The second-order valence-electron chi connectivity index (χ2n) is 7.44. The Morgan fingerprint density at radius 3 is 2.32 bits per heavy atom. The van der Waals surface area contributed by atoms with Gasteiger partial charge in [0.25, 0.3) is 0 Å². The topological polar surface area (TPSA) is 66.8 Å². The highest BCUT2D eigenvalue weighted by Crippen LogP contribution is 2.23. The summed E-state index contributed by atoms with van der Waals surface area (Å²) in [6.45, 7) is 15.3. The van der Waals surface area contributed by atoms with E-state index in [9.17, 15) is 9.59 Å². The van der Waals surface area contributed by atoms with E-state index >= 15 is 0 Å². The molecule has 7 nitrogen and oxygen atoms in total. The van der Waals surface area contributed by atoms with Crippen LogP contribution in [0.3, 0.4) is 0 Å². The Bertz CT molecular complexity index is 676. The first-order valence-electron chi connectivity index (χ1n) is 10.4. The van der Waals surface area contributed by atoms with Gasteiger partial charge in [-0.25, -0.2) is 4.79 Å². The number of hydrogen-bond donors (Lipinski definition) is 1. The summed E-state index contributed by atoms with van der Waals surface area (Å²) in [7, 11) is 1.94. The molecule has 0 aromatic carbocycles. The molecule has 1 aliphatic rings. The third kappa shape index (κ3) is 5.58. The van der Waals surface area contributed by atoms with Crippen molar-refractivity contribution in [1.82, 2.24) is 19.7 Å². The molecule has 0 spiro atoms. The Morgan fingerprint density at radius 1 is 1.07 bits per heavy atom. The molecular weight excluding hydrogens is 356 g/mol. The summed E-state index contributed by atoms with van der Waals surface area (Å²) in [5.41, 5.74) is 3.45. The lowest BCUT2D eigenvalue weighted by atomic mass is 10.1. The molecule has 28 heavy (non-hydrogen) atoms. The summed E-state index contributed by atoms with van der Waals surface area (Å²) in [6.07, 6.45) is 1.04. The average molecular weight is 393 g/mol. The summed E-state index contributed by atoms with van der Waals surface area (Å²) >= 11 is 0. The van der Waals surface area contributed by atoms with Gasteiger partial charge in [0.05, 0.1) is 12.2 Å². The summed E-state index contributed by atoms with van der Waals surface area (Å²) in [5.74, 6) is -0.227. The van der Waals surface area contributed by atoms with E-state index in [1.807, 2.05) is 25.5 Å². The van der Waals surface area contributed by atoms with Crippen LogP contribution in [0.15, 0.2) is 0 Å². The van der Waals surface area contributed by atoms with Crippen LogP contribution in [0.5, 0.6) is 0 Å². The molecule has 1 saturated heterocycles. The highest BCUT2D eigenvalue weighted by Gasteiger charge is 2.22. The van der Waals surface area contributed by atoms with E-state index in [0.717, 1.165) is 56.2 Å². The number of nitrogens with zero attached hydrogens (tertiary/aromatic N) is 3. The van der Waals surface area contributed by atoms with Gasteiger partial charge in [-0.2, -0.15) is 0 Å². The lowest BCUT2D eigenvalue weighted by Gasteiger charge is -2.33. The predicted molar refractivity (Wildman–Crippen MR) is 111 cm³/mol. The molecule has 1 N–H and O–H groups in total. The summed E-state index contributed by atoms with van der Waals surface area (Å²) in [6, 6.07) is 0. The third-order valence-electron chi connectivity index (χ3n) is 5.81. The van der Waals surface area contributed by atoms with E-state index in [1.165, 1.54) is 0 Å². The Morgan fingerprint density at radius 2 is 1.71 bits per heavy atom. The van der Waals surface area contributed by atoms with Crippen LogP contribution in [-0.2, 0) is 23.0 Å². The first kappa shape index (κ1) is 22.4. The van der Waals surface area contributed by atoms with E-state index in [4.69, 9.17) is 4.74 Å². The van der Waals surface area contributed by atoms with E-state index in [2.05, 4.69) is 22.0 Å². The number of esters is 1. The normalized spacial score (nSPS) is 15.6. The van der Waals surface area contributed by atoms with Gasteiger partial charge in [0.15, 0.2) is 0 Å². The Kier molecular flexibility index (Phi) is 8.51. The average Bonchev–Trinajstić information content (AvgIpc) is 2.89. The van der Waals surface area contributed by atoms with Gasteiger partial charge in [-0.05, 0) is 39.3 Å². The molecule has 0 saturated carbocycles. The Balaban J connectivity index is 1.80. The maximum Gasteiger partial charge on any atom is 0.340 e. The molecule has 2 heterocycles. The largest absolute Gasteiger partial charge is 0.462 e. The minimum Gasteiger partial charge on any atom is -0.462 e. The lowest BCUT2D eigenvalue weighted by molar-refractivity contribution is -0.121. The predicted octanol–water partition coefficient (Wildman–Crippen LogP) is 1.50. The molecular formula is C21H36N4O3. The number of piperazine rings is 1. The standard InChI is InChI=1S/C21H36N4O3/c1-6-24-12-14-25(15-13-24)11-10-22-19(26)9-8-18-16(3)20(17(4)23(18)5)21(27)28-7-2/h6-15H2,1-5H3,(H,22,26). The number of carbonyl (C=O) groups excluding carboxylic acids is 2. The van der Waals surface area contributed by atoms with Crippen LogP contribution in [0, 0.1) is 13.8 Å². The quantitative estimate of drug-likeness (QED) is 0.645. The number of likely N-dealkylation sites (N-methyl/N-ethyl adjacent to an activating group) is 1. The fraction of sp³-hybridized carbons (Fsp3) is 0.714. The second kappa shape index (κ2) is 10.6. The number of hydrogen-bond acceptors (Lipinski definition) is 5. The van der Waals surface area contributed by atoms with Crippen molar-refractivity contribution in [2.24, 2.45) is 7.05 Å². The molecule has 1 fully saturated rings. The lowest BCUT2D eigenvalue weighted by Crippen LogP contribution is -2.48. The zero-order chi connectivity index (χ0) is 20.7. The van der Waals surface area contributed by atoms with Crippen LogP contribution < -0.4 is 5.32 Å². The minimum atomic E-state index is -0.285. The number of ether oxygens (including phenoxy) is 1. The Hall–Kier alpha value is -1.86. The van der Waals surface area contributed by atoms with Crippen LogP contribution in [0.25, 0.3) is 0 Å². The molecule has 0 bridgehead atoms. The smallest absolute Gasteiger partial charge is 0.340 e. The SMILES string of the molecule is CCOC(=O)c1c(C)c(CCC(=O)NCCN2CCN(CC)CC2)n(C)c1C. The molecule has 0 atom stereocenters. The van der Waals surface area contributed by atoms with E-state index in [-0.39, 0.29) is 11.9 Å². The van der Waals surface area contributed by atoms with Crippen LogP contribution in [0.4, 0.5) is 0 Å². The molecule has 0 unspecified atom stereocenters. The van der Waals surface area contributed by atoms with Gasteiger partial charge in [0, 0.05) is 64.1 Å². The van der Waals surface area contributed by atoms with Crippen LogP contribution in [0.1, 0.15) is 47.6 Å². The van der Waals surface area contributed by atoms with E-state index < -0.39 is 0 Å². The summed E-state index contributed by atoms with van der Waals surface area (Å²) < 4.78 is 7.17. The summed E-state index contributed by atoms with van der Waals surface area (Å²) in [5, 5.41) is 3.03. The van der Waals surface area contributed by atoms with Gasteiger partial charge in [-0.1, -0.05) is 6.92 Å². The number of aromatic nitrogens is 1. The van der Waals surface area contributed by atoms with Gasteiger partial charge < -0.3 is 19.5 Å². The van der Waals surface area contributed by atoms with E-state index in [1.54, 1.807) is 6.92 Å². The number of rotatable bonds is 9. The zero-order valence-electron chi connectivity index (χ0n) is 18.1. The van der Waals surface area contributed by atoms with Gasteiger partial charge in [-0.3, -0.25) is 9.69 Å². The van der Waals surface area contributed by atoms with Gasteiger partial charge in [0.1, 0.15) is 0 Å². The molecule has 2 rings (SSSR count). The molecule has 7 heteroatoms. The molecule has 1 aliphatic heterocycles. The summed E-state index contributed by atoms with van der Waals surface area (Å²) in [4.78, 5) is 29.3. The van der Waals surface area contributed by atoms with Gasteiger partial charge in [-0.15, -0.1) is 0 Å². The zero-order valence-corrected chi connectivity index (χ0v) is 18.1. The number of amides is 1. The molecule has 158 valence electrons. The van der Waals surface area contributed by atoms with Crippen molar-refractivity contribution < 1.29 is 14.3 Å². The van der Waals surface area contributed by atoms with Crippen LogP contribution in [0.2, 0.25) is 0 Å². The van der Waals surface area contributed by atoms with Crippen molar-refractivity contribution in [2.45, 2.75) is 40.5 Å². The van der Waals surface area contributed by atoms with Crippen molar-refractivity contribution in [2.75, 3.05) is 52.4 Å². The highest BCUT2D eigenvalue weighted by molar-refractivity contribution is 5.93. The van der Waals surface area contributed by atoms with Crippen LogP contribution >= 0.6 is 0 Å². The third-order valence-corrected chi connectivity index (χ3v) is 5.81.